The van der Waals surface area contributed by atoms with Gasteiger partial charge in [-0.1, -0.05) is 6.07 Å². The third-order valence-electron chi connectivity index (χ3n) is 2.65. The molecule has 0 aromatic carbocycles. The molecule has 0 saturated carbocycles. The van der Waals surface area contributed by atoms with Gasteiger partial charge in [0.25, 0.3) is 0 Å². The van der Waals surface area contributed by atoms with Crippen LogP contribution < -0.4 is 5.32 Å². The van der Waals surface area contributed by atoms with E-state index in [9.17, 15) is 0 Å². The van der Waals surface area contributed by atoms with Gasteiger partial charge >= 0.3 is 0 Å². The van der Waals surface area contributed by atoms with Crippen LogP contribution in [-0.4, -0.2) is 17.8 Å². The molecule has 2 nitrogen and oxygen atoms in total. The lowest BCUT2D eigenvalue weighted by Crippen LogP contribution is -2.25. The van der Waals surface area contributed by atoms with Crippen LogP contribution in [0.1, 0.15) is 18.2 Å². The summed E-state index contributed by atoms with van der Waals surface area (Å²) in [6, 6.07) is 6.85. The first-order valence-corrected chi connectivity index (χ1v) is 7.51. The minimum Gasteiger partial charge on any atom is -0.396 e. The van der Waals surface area contributed by atoms with Crippen LogP contribution in [0.25, 0.3) is 10.4 Å². The molecule has 0 fully saturated rings. The van der Waals surface area contributed by atoms with Gasteiger partial charge in [0.15, 0.2) is 0 Å². The highest BCUT2D eigenvalue weighted by atomic mass is 32.1. The maximum absolute atomic E-state index is 8.83. The van der Waals surface area contributed by atoms with E-state index in [-0.39, 0.29) is 6.61 Å². The molecule has 0 amide bonds. The second-order valence-electron chi connectivity index (χ2n) is 4.07. The lowest BCUT2D eigenvalue weighted by Gasteiger charge is -2.10. The highest BCUT2D eigenvalue weighted by Gasteiger charge is 2.05. The van der Waals surface area contributed by atoms with Crippen molar-refractivity contribution in [3.05, 3.63) is 33.8 Å². The molecule has 4 heteroatoms. The molecule has 17 heavy (non-hydrogen) atoms. The summed E-state index contributed by atoms with van der Waals surface area (Å²) < 4.78 is 0. The van der Waals surface area contributed by atoms with E-state index >= 15 is 0 Å². The van der Waals surface area contributed by atoms with Crippen molar-refractivity contribution in [1.29, 1.82) is 0 Å². The van der Waals surface area contributed by atoms with E-state index in [1.807, 2.05) is 0 Å². The zero-order valence-corrected chi connectivity index (χ0v) is 11.5. The van der Waals surface area contributed by atoms with Crippen molar-refractivity contribution in [2.45, 2.75) is 25.9 Å². The van der Waals surface area contributed by atoms with Crippen molar-refractivity contribution in [2.24, 2.45) is 0 Å². The maximum atomic E-state index is 8.83. The van der Waals surface area contributed by atoms with E-state index in [4.69, 9.17) is 5.11 Å². The fourth-order valence-electron chi connectivity index (χ4n) is 1.62. The monoisotopic (exact) mass is 267 g/mol. The smallest absolute Gasteiger partial charge is 0.0445 e. The van der Waals surface area contributed by atoms with E-state index < -0.39 is 0 Å². The van der Waals surface area contributed by atoms with Crippen LogP contribution >= 0.6 is 22.7 Å². The Morgan fingerprint density at radius 2 is 2.29 bits per heavy atom. The Morgan fingerprint density at radius 1 is 1.41 bits per heavy atom. The third-order valence-corrected chi connectivity index (χ3v) is 4.50. The van der Waals surface area contributed by atoms with Crippen LogP contribution in [0.15, 0.2) is 29.0 Å². The molecule has 0 radical (unpaired) electrons. The van der Waals surface area contributed by atoms with E-state index in [0.29, 0.717) is 6.04 Å². The minimum absolute atomic E-state index is 0.249. The summed E-state index contributed by atoms with van der Waals surface area (Å²) in [7, 11) is 0. The molecule has 0 spiro atoms. The molecule has 0 saturated heterocycles. The number of rotatable bonds is 6. The molecule has 2 heterocycles. The summed E-state index contributed by atoms with van der Waals surface area (Å²) in [5.41, 5.74) is 1.32. The summed E-state index contributed by atoms with van der Waals surface area (Å²) in [6.45, 7) is 3.24. The molecule has 1 unspecified atom stereocenters. The Labute approximate surface area is 110 Å². The van der Waals surface area contributed by atoms with Crippen LogP contribution in [0.2, 0.25) is 0 Å². The number of hydrogen-bond acceptors (Lipinski definition) is 4. The molecule has 92 valence electrons. The number of hydrogen-bond donors (Lipinski definition) is 2. The third kappa shape index (κ3) is 3.64. The highest BCUT2D eigenvalue weighted by Crippen LogP contribution is 2.29. The molecule has 2 N–H and O–H groups in total. The van der Waals surface area contributed by atoms with Crippen molar-refractivity contribution in [1.82, 2.24) is 5.32 Å². The first-order chi connectivity index (χ1) is 8.29. The van der Waals surface area contributed by atoms with Gasteiger partial charge in [-0.15, -0.1) is 22.7 Å². The standard InChI is InChI=1S/C13H17NOS2/c1-10(4-5-15)14-8-12-7-11(9-17-12)13-3-2-6-16-13/h2-3,6-7,9-10,14-15H,4-5,8H2,1H3. The zero-order valence-electron chi connectivity index (χ0n) is 9.85. The quantitative estimate of drug-likeness (QED) is 0.841. The van der Waals surface area contributed by atoms with Gasteiger partial charge in [-0.2, -0.15) is 0 Å². The zero-order chi connectivity index (χ0) is 12.1. The van der Waals surface area contributed by atoms with Crippen molar-refractivity contribution in [3.8, 4) is 10.4 Å². The fraction of sp³-hybridized carbons (Fsp3) is 0.385. The lowest BCUT2D eigenvalue weighted by atomic mass is 10.2. The Kier molecular flexibility index (Phi) is 4.74. The summed E-state index contributed by atoms with van der Waals surface area (Å²) in [6.07, 6.45) is 0.809. The molecule has 0 aliphatic carbocycles. The summed E-state index contributed by atoms with van der Waals surface area (Å²) >= 11 is 3.56. The van der Waals surface area contributed by atoms with Crippen LogP contribution in [0.5, 0.6) is 0 Å². The second-order valence-corrected chi connectivity index (χ2v) is 6.02. The second kappa shape index (κ2) is 6.31. The number of aliphatic hydroxyl groups is 1. The predicted octanol–water partition coefficient (Wildman–Crippen LogP) is 3.34. The van der Waals surface area contributed by atoms with Crippen LogP contribution in [0.4, 0.5) is 0 Å². The van der Waals surface area contributed by atoms with E-state index in [0.717, 1.165) is 13.0 Å². The Hall–Kier alpha value is -0.680. The molecular weight excluding hydrogens is 250 g/mol. The fourth-order valence-corrected chi connectivity index (χ4v) is 3.24. The van der Waals surface area contributed by atoms with Crippen molar-refractivity contribution >= 4 is 22.7 Å². The van der Waals surface area contributed by atoms with Gasteiger partial charge in [-0.3, -0.25) is 0 Å². The first-order valence-electron chi connectivity index (χ1n) is 5.75. The predicted molar refractivity (Wildman–Crippen MR) is 75.6 cm³/mol. The summed E-state index contributed by atoms with van der Waals surface area (Å²) in [4.78, 5) is 2.68. The molecule has 0 bridgehead atoms. The van der Waals surface area contributed by atoms with Crippen LogP contribution in [0, 0.1) is 0 Å². The molecule has 2 aromatic rings. The van der Waals surface area contributed by atoms with Gasteiger partial charge < -0.3 is 10.4 Å². The van der Waals surface area contributed by atoms with E-state index in [2.05, 4.69) is 41.2 Å². The van der Waals surface area contributed by atoms with Crippen molar-refractivity contribution in [2.75, 3.05) is 6.61 Å². The van der Waals surface area contributed by atoms with Gasteiger partial charge in [0.05, 0.1) is 0 Å². The normalized spacial score (nSPS) is 12.8. The summed E-state index contributed by atoms with van der Waals surface area (Å²) in [5, 5.41) is 16.6. The summed E-state index contributed by atoms with van der Waals surface area (Å²) in [5.74, 6) is 0. The van der Waals surface area contributed by atoms with Crippen LogP contribution in [-0.2, 0) is 6.54 Å². The van der Waals surface area contributed by atoms with Gasteiger partial charge in [-0.05, 0) is 36.2 Å². The minimum atomic E-state index is 0.249. The van der Waals surface area contributed by atoms with Gasteiger partial charge in [0.2, 0.25) is 0 Å². The molecule has 2 rings (SSSR count). The largest absolute Gasteiger partial charge is 0.396 e. The van der Waals surface area contributed by atoms with Crippen molar-refractivity contribution < 1.29 is 5.11 Å². The van der Waals surface area contributed by atoms with Crippen molar-refractivity contribution in [3.63, 3.8) is 0 Å². The molecule has 0 aliphatic heterocycles. The molecule has 0 aliphatic rings. The average molecular weight is 267 g/mol. The average Bonchev–Trinajstić information content (AvgIpc) is 2.97. The molecular formula is C13H17NOS2. The van der Waals surface area contributed by atoms with E-state index in [1.165, 1.54) is 15.3 Å². The first kappa shape index (κ1) is 12.8. The molecule has 2 aromatic heterocycles. The SMILES string of the molecule is CC(CCO)NCc1cc(-c2cccs2)cs1. The van der Waals surface area contributed by atoms with Crippen LogP contribution in [0.3, 0.4) is 0 Å². The number of nitrogens with one attached hydrogen (secondary N) is 1. The van der Waals surface area contributed by atoms with Gasteiger partial charge in [0.1, 0.15) is 0 Å². The van der Waals surface area contributed by atoms with Gasteiger partial charge in [-0.25, -0.2) is 0 Å². The van der Waals surface area contributed by atoms with E-state index in [1.54, 1.807) is 22.7 Å². The number of thiophene rings is 2. The maximum Gasteiger partial charge on any atom is 0.0445 e. The highest BCUT2D eigenvalue weighted by molar-refractivity contribution is 7.14. The number of aliphatic hydroxyl groups excluding tert-OH is 1. The van der Waals surface area contributed by atoms with Gasteiger partial charge in [0, 0.05) is 34.5 Å². The Balaban J connectivity index is 1.91. The Morgan fingerprint density at radius 3 is 3.00 bits per heavy atom. The molecule has 1 atom stereocenters. The topological polar surface area (TPSA) is 32.3 Å². The lowest BCUT2D eigenvalue weighted by molar-refractivity contribution is 0.269. The Bertz CT molecular complexity index is 436.